The SMILES string of the molecule is COc1ccc(-c2noc(CSC3=NC(=N)CC(=O)N3)n2)cc1. The molecule has 0 unspecified atom stereocenters. The second kappa shape index (κ2) is 6.61. The van der Waals surface area contributed by atoms with Crippen LogP contribution in [0.4, 0.5) is 0 Å². The fourth-order valence-corrected chi connectivity index (χ4v) is 2.61. The van der Waals surface area contributed by atoms with E-state index in [2.05, 4.69) is 20.4 Å². The van der Waals surface area contributed by atoms with Crippen LogP contribution in [0.3, 0.4) is 0 Å². The Hall–Kier alpha value is -2.68. The van der Waals surface area contributed by atoms with E-state index in [-0.39, 0.29) is 18.2 Å². The van der Waals surface area contributed by atoms with Crippen molar-refractivity contribution in [2.24, 2.45) is 4.99 Å². The molecule has 0 spiro atoms. The van der Waals surface area contributed by atoms with Crippen molar-refractivity contribution in [3.05, 3.63) is 30.2 Å². The van der Waals surface area contributed by atoms with E-state index in [0.717, 1.165) is 11.3 Å². The van der Waals surface area contributed by atoms with Crippen LogP contribution < -0.4 is 10.1 Å². The third kappa shape index (κ3) is 3.75. The lowest BCUT2D eigenvalue weighted by atomic mass is 10.2. The summed E-state index contributed by atoms with van der Waals surface area (Å²) in [4.78, 5) is 19.6. The van der Waals surface area contributed by atoms with Crippen LogP contribution in [0.2, 0.25) is 0 Å². The first-order chi connectivity index (χ1) is 11.1. The minimum atomic E-state index is -0.239. The quantitative estimate of drug-likeness (QED) is 0.883. The molecule has 0 saturated heterocycles. The normalized spacial score (nSPS) is 14.4. The molecule has 9 heteroatoms. The van der Waals surface area contributed by atoms with Gasteiger partial charge in [0.25, 0.3) is 0 Å². The maximum Gasteiger partial charge on any atom is 0.237 e. The predicted molar refractivity (Wildman–Crippen MR) is 85.5 cm³/mol. The Balaban J connectivity index is 1.65. The Bertz CT molecular complexity index is 769. The molecule has 0 aliphatic carbocycles. The predicted octanol–water partition coefficient (Wildman–Crippen LogP) is 1.83. The number of methoxy groups -OCH3 is 1. The average Bonchev–Trinajstić information content (AvgIpc) is 3.01. The summed E-state index contributed by atoms with van der Waals surface area (Å²) in [6, 6.07) is 7.32. The van der Waals surface area contributed by atoms with Crippen molar-refractivity contribution in [2.45, 2.75) is 12.2 Å². The molecule has 0 bridgehead atoms. The molecule has 0 atom stereocenters. The van der Waals surface area contributed by atoms with Crippen LogP contribution in [0, 0.1) is 5.41 Å². The Morgan fingerprint density at radius 3 is 2.87 bits per heavy atom. The minimum absolute atomic E-state index is 0.00619. The zero-order chi connectivity index (χ0) is 16.2. The molecule has 1 aromatic carbocycles. The number of hydrogen-bond donors (Lipinski definition) is 2. The fourth-order valence-electron chi connectivity index (χ4n) is 1.87. The standard InChI is InChI=1S/C14H13N5O3S/c1-21-9-4-2-8(3-5-9)13-18-12(22-19-13)7-23-14-16-10(15)6-11(20)17-14/h2-5H,6-7H2,1H3,(H2,15,16,17,20). The van der Waals surface area contributed by atoms with Gasteiger partial charge in [0.1, 0.15) is 11.6 Å². The van der Waals surface area contributed by atoms with E-state index in [9.17, 15) is 4.79 Å². The number of amidine groups is 2. The second-order valence-corrected chi connectivity index (χ2v) is 5.58. The molecule has 3 rings (SSSR count). The molecule has 2 heterocycles. The van der Waals surface area contributed by atoms with Crippen LogP contribution in [-0.2, 0) is 10.5 Å². The molecule has 1 aliphatic rings. The molecule has 0 saturated carbocycles. The second-order valence-electron chi connectivity index (χ2n) is 4.62. The number of hydrogen-bond acceptors (Lipinski definition) is 7. The summed E-state index contributed by atoms with van der Waals surface area (Å²) in [5.41, 5.74) is 0.816. The van der Waals surface area contributed by atoms with Crippen LogP contribution in [0.25, 0.3) is 11.4 Å². The van der Waals surface area contributed by atoms with Gasteiger partial charge >= 0.3 is 0 Å². The van der Waals surface area contributed by atoms with E-state index in [1.54, 1.807) is 7.11 Å². The minimum Gasteiger partial charge on any atom is -0.497 e. The van der Waals surface area contributed by atoms with Crippen molar-refractivity contribution in [3.63, 3.8) is 0 Å². The fraction of sp³-hybridized carbons (Fsp3) is 0.214. The topological polar surface area (TPSA) is 113 Å². The molecule has 118 valence electrons. The van der Waals surface area contributed by atoms with Gasteiger partial charge in [0.05, 0.1) is 19.3 Å². The van der Waals surface area contributed by atoms with Crippen molar-refractivity contribution < 1.29 is 14.1 Å². The summed E-state index contributed by atoms with van der Waals surface area (Å²) >= 11 is 1.23. The molecule has 1 aromatic heterocycles. The van der Waals surface area contributed by atoms with Crippen LogP contribution >= 0.6 is 11.8 Å². The Labute approximate surface area is 135 Å². The molecule has 2 aromatic rings. The van der Waals surface area contributed by atoms with E-state index < -0.39 is 0 Å². The molecule has 2 N–H and O–H groups in total. The van der Waals surface area contributed by atoms with Gasteiger partial charge in [-0.2, -0.15) is 4.98 Å². The van der Waals surface area contributed by atoms with Crippen molar-refractivity contribution in [1.82, 2.24) is 15.5 Å². The molecule has 0 fully saturated rings. The van der Waals surface area contributed by atoms with Gasteiger partial charge in [-0.1, -0.05) is 16.9 Å². The van der Waals surface area contributed by atoms with Gasteiger partial charge in [0.15, 0.2) is 5.17 Å². The maximum absolute atomic E-state index is 11.3. The molecule has 23 heavy (non-hydrogen) atoms. The lowest BCUT2D eigenvalue weighted by Crippen LogP contribution is -2.34. The monoisotopic (exact) mass is 331 g/mol. The first-order valence-electron chi connectivity index (χ1n) is 6.70. The molecule has 1 amide bonds. The van der Waals surface area contributed by atoms with Crippen LogP contribution in [0.15, 0.2) is 33.8 Å². The first-order valence-corrected chi connectivity index (χ1v) is 7.68. The van der Waals surface area contributed by atoms with Crippen molar-refractivity contribution in [1.29, 1.82) is 5.41 Å². The van der Waals surface area contributed by atoms with Crippen LogP contribution in [0.5, 0.6) is 5.75 Å². The number of thioether (sulfide) groups is 1. The number of ether oxygens (including phenoxy) is 1. The molecular weight excluding hydrogens is 318 g/mol. The summed E-state index contributed by atoms with van der Waals surface area (Å²) in [5, 5.41) is 14.4. The Morgan fingerprint density at radius 1 is 1.39 bits per heavy atom. The van der Waals surface area contributed by atoms with Gasteiger partial charge in [0, 0.05) is 5.56 Å². The lowest BCUT2D eigenvalue weighted by Gasteiger charge is -2.11. The molecule has 8 nitrogen and oxygen atoms in total. The lowest BCUT2D eigenvalue weighted by molar-refractivity contribution is -0.118. The van der Waals surface area contributed by atoms with Gasteiger partial charge in [-0.15, -0.1) is 0 Å². The highest BCUT2D eigenvalue weighted by Gasteiger charge is 2.17. The van der Waals surface area contributed by atoms with Crippen LogP contribution in [0.1, 0.15) is 12.3 Å². The number of benzene rings is 1. The van der Waals surface area contributed by atoms with Gasteiger partial charge in [-0.3, -0.25) is 10.2 Å². The van der Waals surface area contributed by atoms with Crippen molar-refractivity contribution in [2.75, 3.05) is 7.11 Å². The highest BCUT2D eigenvalue weighted by molar-refractivity contribution is 8.13. The molecule has 0 radical (unpaired) electrons. The smallest absolute Gasteiger partial charge is 0.237 e. The Kier molecular flexibility index (Phi) is 4.38. The summed E-state index contributed by atoms with van der Waals surface area (Å²) in [5.74, 6) is 1.80. The van der Waals surface area contributed by atoms with E-state index in [1.165, 1.54) is 11.8 Å². The van der Waals surface area contributed by atoms with Gasteiger partial charge in [-0.25, -0.2) is 4.99 Å². The number of nitrogens with zero attached hydrogens (tertiary/aromatic N) is 3. The largest absolute Gasteiger partial charge is 0.497 e. The summed E-state index contributed by atoms with van der Waals surface area (Å²) < 4.78 is 10.3. The zero-order valence-electron chi connectivity index (χ0n) is 12.2. The summed E-state index contributed by atoms with van der Waals surface area (Å²) in [6.45, 7) is 0. The number of amides is 1. The molecule has 1 aliphatic heterocycles. The summed E-state index contributed by atoms with van der Waals surface area (Å²) in [7, 11) is 1.60. The maximum atomic E-state index is 11.3. The highest BCUT2D eigenvalue weighted by Crippen LogP contribution is 2.21. The van der Waals surface area contributed by atoms with Crippen molar-refractivity contribution in [3.8, 4) is 17.1 Å². The third-order valence-electron chi connectivity index (χ3n) is 2.96. The van der Waals surface area contributed by atoms with E-state index in [0.29, 0.717) is 22.6 Å². The number of nitrogens with one attached hydrogen (secondary N) is 2. The van der Waals surface area contributed by atoms with Crippen molar-refractivity contribution >= 4 is 28.7 Å². The number of aliphatic imine (C=N–C) groups is 1. The third-order valence-corrected chi connectivity index (χ3v) is 3.82. The van der Waals surface area contributed by atoms with E-state index in [4.69, 9.17) is 14.7 Å². The average molecular weight is 331 g/mol. The highest BCUT2D eigenvalue weighted by atomic mass is 32.2. The number of carbonyl (C=O) groups is 1. The number of carbonyl (C=O) groups excluding carboxylic acids is 1. The number of aromatic nitrogens is 2. The Morgan fingerprint density at radius 2 is 2.17 bits per heavy atom. The van der Waals surface area contributed by atoms with Gasteiger partial charge in [-0.05, 0) is 24.3 Å². The zero-order valence-corrected chi connectivity index (χ0v) is 13.0. The van der Waals surface area contributed by atoms with Crippen LogP contribution in [-0.4, -0.2) is 34.2 Å². The first kappa shape index (κ1) is 15.2. The van der Waals surface area contributed by atoms with Gasteiger partial charge < -0.3 is 14.6 Å². The van der Waals surface area contributed by atoms with Gasteiger partial charge in [0.2, 0.25) is 17.6 Å². The summed E-state index contributed by atoms with van der Waals surface area (Å²) in [6.07, 6.45) is 0.00619. The number of rotatable bonds is 4. The van der Waals surface area contributed by atoms with E-state index >= 15 is 0 Å². The van der Waals surface area contributed by atoms with E-state index in [1.807, 2.05) is 24.3 Å². The molecular formula is C14H13N5O3S.